The lowest BCUT2D eigenvalue weighted by Crippen LogP contribution is -2.12. The first-order valence-electron chi connectivity index (χ1n) is 16.0. The smallest absolute Gasteiger partial charge is 0.226 e. The molecule has 2 aromatic carbocycles. The van der Waals surface area contributed by atoms with Crippen molar-refractivity contribution in [3.63, 3.8) is 0 Å². The van der Waals surface area contributed by atoms with Crippen molar-refractivity contribution in [1.29, 1.82) is 0 Å². The highest BCUT2D eigenvalue weighted by Gasteiger charge is 2.22. The Morgan fingerprint density at radius 1 is 0.717 bits per heavy atom. The quantitative estimate of drug-likeness (QED) is 0.178. The van der Waals surface area contributed by atoms with Crippen LogP contribution in [0, 0.1) is 0 Å². The number of hydrogen-bond donors (Lipinski definition) is 2. The maximum atomic E-state index is 6.14. The Morgan fingerprint density at radius 2 is 1.37 bits per heavy atom. The molecule has 0 unspecified atom stereocenters. The van der Waals surface area contributed by atoms with Gasteiger partial charge >= 0.3 is 0 Å². The predicted molar refractivity (Wildman–Crippen MR) is 183 cm³/mol. The number of para-hydroxylation sites is 1. The lowest BCUT2D eigenvalue weighted by molar-refractivity contribution is 0.529. The van der Waals surface area contributed by atoms with Crippen LogP contribution in [-0.2, 0) is 13.1 Å². The second-order valence-electron chi connectivity index (χ2n) is 11.9. The van der Waals surface area contributed by atoms with Gasteiger partial charge in [0.25, 0.3) is 0 Å². The zero-order valence-electron chi connectivity index (χ0n) is 25.5. The largest absolute Gasteiger partial charge is 0.381 e. The zero-order valence-corrected chi connectivity index (χ0v) is 27.0. The molecular formula is C34H36Cl2N10. The van der Waals surface area contributed by atoms with Crippen LogP contribution in [0.15, 0.2) is 73.4 Å². The lowest BCUT2D eigenvalue weighted by Gasteiger charge is -2.19. The van der Waals surface area contributed by atoms with Crippen LogP contribution >= 0.6 is 23.2 Å². The van der Waals surface area contributed by atoms with Crippen molar-refractivity contribution in [1.82, 2.24) is 39.0 Å². The number of imidazole rings is 2. The average Bonchev–Trinajstić information content (AvgIpc) is 3.88. The van der Waals surface area contributed by atoms with E-state index in [1.807, 2.05) is 36.9 Å². The summed E-state index contributed by atoms with van der Waals surface area (Å²) in [7, 11) is 0. The molecule has 4 aromatic heterocycles. The molecule has 0 atom stereocenters. The molecule has 46 heavy (non-hydrogen) atoms. The number of hydrogen-bond acceptors (Lipinski definition) is 8. The highest BCUT2D eigenvalue weighted by molar-refractivity contribution is 6.29. The maximum Gasteiger partial charge on any atom is 0.226 e. The minimum absolute atomic E-state index is 0.257. The standard InChI is InChI=1S/C17H18ClN5.C10H11ClN4.C7H7N/c18-17-21-15(19-10-12-6-2-1-3-7-12)14-16(22-17)23(11-20-14)13-8-4-5-9-13;11-10-12-5-8-9(14-10)15(6-13-8)7-3-1-2-4-7;1-2-4-7-6(3-1)5-8-7/h1-3,6-7,11,13H,4-5,8-10H2,(H,19,21,22);5-7H,1-4H2;1-4,8H,5H2. The Balaban J connectivity index is 0.000000125. The first kappa shape index (κ1) is 30.4. The van der Waals surface area contributed by atoms with Crippen molar-refractivity contribution in [3.8, 4) is 0 Å². The van der Waals surface area contributed by atoms with E-state index in [0.717, 1.165) is 28.9 Å². The Hall–Kier alpha value is -4.28. The van der Waals surface area contributed by atoms with Crippen LogP contribution in [0.25, 0.3) is 22.3 Å². The van der Waals surface area contributed by atoms with Crippen LogP contribution in [-0.4, -0.2) is 39.0 Å². The molecule has 2 N–H and O–H groups in total. The van der Waals surface area contributed by atoms with Crippen LogP contribution in [0.5, 0.6) is 0 Å². The van der Waals surface area contributed by atoms with Gasteiger partial charge in [-0.05, 0) is 66.1 Å². The fourth-order valence-corrected chi connectivity index (χ4v) is 6.72. The van der Waals surface area contributed by atoms with Gasteiger partial charge in [-0.2, -0.15) is 15.0 Å². The zero-order chi connectivity index (χ0) is 31.3. The molecule has 10 nitrogen and oxygen atoms in total. The third-order valence-electron chi connectivity index (χ3n) is 8.91. The molecule has 12 heteroatoms. The highest BCUT2D eigenvalue weighted by atomic mass is 35.5. The van der Waals surface area contributed by atoms with Gasteiger partial charge in [-0.15, -0.1) is 0 Å². The second kappa shape index (κ2) is 14.0. The molecule has 6 aromatic rings. The van der Waals surface area contributed by atoms with E-state index in [1.165, 1.54) is 68.2 Å². The molecule has 0 amide bonds. The van der Waals surface area contributed by atoms with E-state index in [2.05, 4.69) is 80.0 Å². The Kier molecular flexibility index (Phi) is 9.25. The molecule has 2 aliphatic carbocycles. The molecule has 2 fully saturated rings. The van der Waals surface area contributed by atoms with Gasteiger partial charge in [0.1, 0.15) is 5.52 Å². The van der Waals surface area contributed by atoms with E-state index in [9.17, 15) is 0 Å². The number of fused-ring (bicyclic) bond motifs is 3. The third kappa shape index (κ3) is 6.78. The number of nitrogens with zero attached hydrogens (tertiary/aromatic N) is 8. The van der Waals surface area contributed by atoms with Crippen LogP contribution in [0.4, 0.5) is 11.5 Å². The molecule has 3 aliphatic rings. The minimum Gasteiger partial charge on any atom is -0.381 e. The molecule has 2 saturated carbocycles. The Morgan fingerprint density at radius 3 is 2.02 bits per heavy atom. The van der Waals surface area contributed by atoms with E-state index in [1.54, 1.807) is 6.20 Å². The first-order chi connectivity index (χ1) is 22.6. The van der Waals surface area contributed by atoms with E-state index in [4.69, 9.17) is 23.2 Å². The van der Waals surface area contributed by atoms with Crippen molar-refractivity contribution in [3.05, 3.63) is 95.1 Å². The van der Waals surface area contributed by atoms with Crippen molar-refractivity contribution < 1.29 is 0 Å². The van der Waals surface area contributed by atoms with Gasteiger partial charge < -0.3 is 19.8 Å². The number of benzene rings is 2. The van der Waals surface area contributed by atoms with Crippen LogP contribution < -0.4 is 10.6 Å². The molecule has 5 heterocycles. The van der Waals surface area contributed by atoms with Crippen LogP contribution in [0.1, 0.15) is 74.6 Å². The van der Waals surface area contributed by atoms with Gasteiger partial charge in [-0.3, -0.25) is 0 Å². The molecule has 0 spiro atoms. The van der Waals surface area contributed by atoms with Crippen molar-refractivity contribution in [2.24, 2.45) is 0 Å². The second-order valence-corrected chi connectivity index (χ2v) is 12.6. The molecule has 0 bridgehead atoms. The monoisotopic (exact) mass is 654 g/mol. The predicted octanol–water partition coefficient (Wildman–Crippen LogP) is 8.41. The maximum absolute atomic E-state index is 6.14. The summed E-state index contributed by atoms with van der Waals surface area (Å²) in [5.74, 6) is 0.695. The van der Waals surface area contributed by atoms with E-state index < -0.39 is 0 Å². The number of anilines is 2. The number of rotatable bonds is 5. The van der Waals surface area contributed by atoms with Gasteiger partial charge in [-0.25, -0.2) is 15.0 Å². The van der Waals surface area contributed by atoms with Gasteiger partial charge in [0.2, 0.25) is 10.6 Å². The summed E-state index contributed by atoms with van der Waals surface area (Å²) in [5, 5.41) is 7.08. The fourth-order valence-electron chi connectivity index (χ4n) is 6.43. The highest BCUT2D eigenvalue weighted by Crippen LogP contribution is 2.33. The number of nitrogens with one attached hydrogen (secondary N) is 2. The summed E-state index contributed by atoms with van der Waals surface area (Å²) in [6.07, 6.45) is 15.3. The minimum atomic E-state index is 0.257. The summed E-state index contributed by atoms with van der Waals surface area (Å²) < 4.78 is 4.29. The van der Waals surface area contributed by atoms with E-state index >= 15 is 0 Å². The topological polar surface area (TPSA) is 111 Å². The van der Waals surface area contributed by atoms with Gasteiger partial charge in [0.05, 0.1) is 18.9 Å². The van der Waals surface area contributed by atoms with Crippen molar-refractivity contribution >= 4 is 57.0 Å². The molecule has 0 saturated heterocycles. The number of aromatic nitrogens is 8. The first-order valence-corrected chi connectivity index (χ1v) is 16.7. The van der Waals surface area contributed by atoms with E-state index in [0.29, 0.717) is 29.7 Å². The summed E-state index contributed by atoms with van der Waals surface area (Å²) in [5.41, 5.74) is 7.23. The number of halogens is 2. The molecule has 236 valence electrons. The third-order valence-corrected chi connectivity index (χ3v) is 9.26. The van der Waals surface area contributed by atoms with E-state index in [-0.39, 0.29) is 5.28 Å². The Labute approximate surface area is 277 Å². The summed E-state index contributed by atoms with van der Waals surface area (Å²) in [6.45, 7) is 1.73. The average molecular weight is 656 g/mol. The SMILES string of the molecule is Clc1nc(NCc2ccccc2)c2ncn(C3CCCC3)c2n1.Clc1ncc2ncn(C3CCCC3)c2n1.c1ccc2c(c1)CN2. The summed E-state index contributed by atoms with van der Waals surface area (Å²) in [4.78, 5) is 25.7. The summed E-state index contributed by atoms with van der Waals surface area (Å²) >= 11 is 11.9. The van der Waals surface area contributed by atoms with Crippen LogP contribution in [0.3, 0.4) is 0 Å². The van der Waals surface area contributed by atoms with Crippen molar-refractivity contribution in [2.75, 3.05) is 10.6 Å². The molecule has 0 radical (unpaired) electrons. The molecular weight excluding hydrogens is 619 g/mol. The van der Waals surface area contributed by atoms with Crippen LogP contribution in [0.2, 0.25) is 10.6 Å². The van der Waals surface area contributed by atoms with Crippen molar-refractivity contribution in [2.45, 2.75) is 76.5 Å². The summed E-state index contributed by atoms with van der Waals surface area (Å²) in [6, 6.07) is 19.6. The van der Waals surface area contributed by atoms with Gasteiger partial charge in [-0.1, -0.05) is 74.2 Å². The Bertz CT molecular complexity index is 1890. The van der Waals surface area contributed by atoms with Gasteiger partial charge in [0, 0.05) is 30.9 Å². The normalized spacial score (nSPS) is 15.8. The van der Waals surface area contributed by atoms with Gasteiger partial charge in [0.15, 0.2) is 22.6 Å². The lowest BCUT2D eigenvalue weighted by atomic mass is 10.1. The fraction of sp³-hybridized carbons (Fsp3) is 0.353. The molecule has 9 rings (SSSR count). The molecule has 1 aliphatic heterocycles.